The second-order valence-electron chi connectivity index (χ2n) is 9.52. The van der Waals surface area contributed by atoms with Crippen molar-refractivity contribution in [3.05, 3.63) is 62.6 Å². The molecule has 1 saturated heterocycles. The molecule has 1 heterocycles. The number of nitrogens with one attached hydrogen (secondary N) is 1. The van der Waals surface area contributed by atoms with Gasteiger partial charge in [-0.05, 0) is 79.1 Å². The number of carbonyl (C=O) groups is 1. The van der Waals surface area contributed by atoms with Gasteiger partial charge in [0.2, 0.25) is 15.9 Å². The Balaban J connectivity index is 1.71. The van der Waals surface area contributed by atoms with Crippen LogP contribution in [0.5, 0.6) is 5.75 Å². The topological polar surface area (TPSA) is 75.7 Å². The van der Waals surface area contributed by atoms with Crippen LogP contribution in [-0.4, -0.2) is 38.8 Å². The summed E-state index contributed by atoms with van der Waals surface area (Å²) in [4.78, 5) is 13.2. The van der Waals surface area contributed by atoms with Crippen LogP contribution < -0.4 is 10.1 Å². The Labute approximate surface area is 219 Å². The molecule has 0 unspecified atom stereocenters. The molecule has 0 radical (unpaired) electrons. The Hall–Kier alpha value is -1.80. The van der Waals surface area contributed by atoms with Crippen LogP contribution in [-0.2, 0) is 20.6 Å². The fraction of sp³-hybridized carbons (Fsp3) is 0.500. The molecule has 0 aromatic heterocycles. The molecule has 1 aliphatic rings. The predicted octanol–water partition coefficient (Wildman–Crippen LogP) is 5.85. The van der Waals surface area contributed by atoms with Crippen LogP contribution in [0.3, 0.4) is 0 Å². The van der Waals surface area contributed by atoms with Crippen LogP contribution in [0.2, 0.25) is 10.0 Å². The van der Waals surface area contributed by atoms with Crippen LogP contribution in [0.25, 0.3) is 0 Å². The summed E-state index contributed by atoms with van der Waals surface area (Å²) in [6.07, 6.45) is 1.27. The molecule has 35 heavy (non-hydrogen) atoms. The number of ether oxygens (including phenoxy) is 1. The van der Waals surface area contributed by atoms with E-state index in [1.165, 1.54) is 10.4 Å². The summed E-state index contributed by atoms with van der Waals surface area (Å²) in [5, 5.41) is 3.88. The van der Waals surface area contributed by atoms with Crippen LogP contribution in [0.15, 0.2) is 30.3 Å². The van der Waals surface area contributed by atoms with Crippen molar-refractivity contribution in [2.45, 2.75) is 58.2 Å². The molecule has 1 aliphatic heterocycles. The molecule has 2 aromatic rings. The van der Waals surface area contributed by atoms with E-state index in [2.05, 4.69) is 25.2 Å². The number of halogens is 2. The van der Waals surface area contributed by atoms with Crippen molar-refractivity contribution < 1.29 is 17.9 Å². The lowest BCUT2D eigenvalue weighted by Gasteiger charge is -2.32. The van der Waals surface area contributed by atoms with Gasteiger partial charge in [0.05, 0.1) is 24.8 Å². The van der Waals surface area contributed by atoms with Crippen LogP contribution in [0.4, 0.5) is 0 Å². The maximum Gasteiger partial charge on any atom is 0.224 e. The molecule has 1 amide bonds. The number of carbonyl (C=O) groups excluding carboxylic acids is 1. The highest BCUT2D eigenvalue weighted by molar-refractivity contribution is 7.88. The highest BCUT2D eigenvalue weighted by atomic mass is 35.5. The third kappa shape index (κ3) is 6.70. The number of methoxy groups -OCH3 is 1. The third-order valence-corrected chi connectivity index (χ3v) is 8.95. The number of piperidine rings is 1. The Kier molecular flexibility index (Phi) is 9.13. The Morgan fingerprint density at radius 3 is 2.51 bits per heavy atom. The number of amides is 1. The molecule has 1 N–H and O–H groups in total. The lowest BCUT2D eigenvalue weighted by molar-refractivity contribution is -0.126. The Bertz CT molecular complexity index is 1180. The summed E-state index contributed by atoms with van der Waals surface area (Å²) >= 11 is 12.1. The lowest BCUT2D eigenvalue weighted by atomic mass is 9.92. The number of hydrogen-bond acceptors (Lipinski definition) is 4. The van der Waals surface area contributed by atoms with E-state index in [1.54, 1.807) is 19.2 Å². The molecule has 0 spiro atoms. The van der Waals surface area contributed by atoms with Crippen molar-refractivity contribution in [2.24, 2.45) is 5.92 Å². The Morgan fingerprint density at radius 1 is 1.17 bits per heavy atom. The maximum absolute atomic E-state index is 13.2. The molecular formula is C26H34Cl2N2O4S. The van der Waals surface area contributed by atoms with E-state index in [0.717, 1.165) is 22.4 Å². The van der Waals surface area contributed by atoms with Crippen LogP contribution in [0.1, 0.15) is 67.8 Å². The number of hydrogen-bond donors (Lipinski definition) is 1. The van der Waals surface area contributed by atoms with E-state index in [9.17, 15) is 13.2 Å². The predicted molar refractivity (Wildman–Crippen MR) is 142 cm³/mol. The van der Waals surface area contributed by atoms with E-state index in [4.69, 9.17) is 27.9 Å². The summed E-state index contributed by atoms with van der Waals surface area (Å²) in [7, 11) is -1.97. The molecule has 0 saturated carbocycles. The van der Waals surface area contributed by atoms with Gasteiger partial charge >= 0.3 is 0 Å². The van der Waals surface area contributed by atoms with Crippen molar-refractivity contribution in [1.82, 2.24) is 9.62 Å². The normalized spacial score (nSPS) is 17.9. The van der Waals surface area contributed by atoms with E-state index < -0.39 is 15.9 Å². The van der Waals surface area contributed by atoms with Crippen LogP contribution in [0, 0.1) is 12.8 Å². The highest BCUT2D eigenvalue weighted by Gasteiger charge is 2.33. The quantitative estimate of drug-likeness (QED) is 0.455. The average Bonchev–Trinajstić information content (AvgIpc) is 2.80. The van der Waals surface area contributed by atoms with Crippen molar-refractivity contribution in [1.29, 1.82) is 0 Å². The van der Waals surface area contributed by atoms with Gasteiger partial charge in [0, 0.05) is 23.1 Å². The number of nitrogens with zero attached hydrogens (tertiary/aromatic N) is 1. The first-order valence-corrected chi connectivity index (χ1v) is 14.2. The van der Waals surface area contributed by atoms with Gasteiger partial charge in [-0.3, -0.25) is 4.79 Å². The van der Waals surface area contributed by atoms with E-state index in [-0.39, 0.29) is 30.2 Å². The standard InChI is InChI=1S/C26H34Cl2N2O4S/c1-16(2)22-13-23(17(3)11-25(22)34-5)18(4)29-26(31)19-7-6-10-30(14-19)35(32,33)15-20-8-9-21(27)12-24(20)28/h8-9,11-13,16,18-19H,6-7,10,14-15H2,1-5H3,(H,29,31)/t18-,19+/m0/s1. The first-order valence-electron chi connectivity index (χ1n) is 11.8. The SMILES string of the molecule is COc1cc(C)c([C@H](C)NC(=O)[C@@H]2CCCN(S(=O)(=O)Cc3ccc(Cl)cc3Cl)C2)cc1C(C)C. The monoisotopic (exact) mass is 540 g/mol. The summed E-state index contributed by atoms with van der Waals surface area (Å²) < 4.78 is 33.1. The summed E-state index contributed by atoms with van der Waals surface area (Å²) in [5.41, 5.74) is 3.64. The van der Waals surface area contributed by atoms with Gasteiger partial charge in [0.15, 0.2) is 0 Å². The van der Waals surface area contributed by atoms with Gasteiger partial charge in [0.25, 0.3) is 0 Å². The molecule has 6 nitrogen and oxygen atoms in total. The van der Waals surface area contributed by atoms with Crippen molar-refractivity contribution >= 4 is 39.1 Å². The van der Waals surface area contributed by atoms with E-state index >= 15 is 0 Å². The number of benzene rings is 2. The molecule has 9 heteroatoms. The van der Waals surface area contributed by atoms with Gasteiger partial charge in [0.1, 0.15) is 5.75 Å². The molecule has 192 valence electrons. The molecule has 2 atom stereocenters. The fourth-order valence-electron chi connectivity index (χ4n) is 4.55. The fourth-order valence-corrected chi connectivity index (χ4v) is 6.75. The van der Waals surface area contributed by atoms with Gasteiger partial charge in [-0.1, -0.05) is 43.1 Å². The molecule has 3 rings (SSSR count). The summed E-state index contributed by atoms with van der Waals surface area (Å²) in [6, 6.07) is 8.67. The molecular weight excluding hydrogens is 507 g/mol. The average molecular weight is 542 g/mol. The van der Waals surface area contributed by atoms with E-state index in [0.29, 0.717) is 35.0 Å². The minimum absolute atomic E-state index is 0.136. The highest BCUT2D eigenvalue weighted by Crippen LogP contribution is 2.32. The second-order valence-corrected chi connectivity index (χ2v) is 12.3. The minimum atomic E-state index is -3.64. The van der Waals surface area contributed by atoms with Gasteiger partial charge in [-0.25, -0.2) is 12.7 Å². The zero-order valence-corrected chi connectivity index (χ0v) is 23.2. The zero-order chi connectivity index (χ0) is 25.9. The van der Waals surface area contributed by atoms with Gasteiger partial charge < -0.3 is 10.1 Å². The lowest BCUT2D eigenvalue weighted by Crippen LogP contribution is -2.46. The summed E-state index contributed by atoms with van der Waals surface area (Å²) in [5.74, 6) is 0.344. The molecule has 2 aromatic carbocycles. The first-order chi connectivity index (χ1) is 16.4. The van der Waals surface area contributed by atoms with Crippen molar-refractivity contribution in [3.63, 3.8) is 0 Å². The maximum atomic E-state index is 13.2. The van der Waals surface area contributed by atoms with Gasteiger partial charge in [-0.2, -0.15) is 0 Å². The minimum Gasteiger partial charge on any atom is -0.496 e. The number of aryl methyl sites for hydroxylation is 1. The third-order valence-electron chi connectivity index (χ3n) is 6.57. The smallest absolute Gasteiger partial charge is 0.224 e. The van der Waals surface area contributed by atoms with Crippen molar-refractivity contribution in [2.75, 3.05) is 20.2 Å². The summed E-state index contributed by atoms with van der Waals surface area (Å²) in [6.45, 7) is 8.72. The van der Waals surface area contributed by atoms with Crippen LogP contribution >= 0.6 is 23.2 Å². The largest absolute Gasteiger partial charge is 0.496 e. The van der Waals surface area contributed by atoms with Crippen molar-refractivity contribution in [3.8, 4) is 5.75 Å². The number of sulfonamides is 1. The first kappa shape index (κ1) is 27.8. The zero-order valence-electron chi connectivity index (χ0n) is 20.9. The molecule has 1 fully saturated rings. The van der Waals surface area contributed by atoms with E-state index in [1.807, 2.05) is 19.9 Å². The Morgan fingerprint density at radius 2 is 1.89 bits per heavy atom. The van der Waals surface area contributed by atoms with Gasteiger partial charge in [-0.15, -0.1) is 0 Å². The number of rotatable bonds is 8. The molecule has 0 bridgehead atoms. The second kappa shape index (κ2) is 11.5. The molecule has 0 aliphatic carbocycles.